The molecule has 0 aliphatic carbocycles. The number of hydrogen-bond donors (Lipinski definition) is 1. The van der Waals surface area contributed by atoms with Crippen LogP contribution in [-0.2, 0) is 9.53 Å². The SMILES string of the molecule is Cc1cc(C)cc(OCCN(C)C(=O)C2CNCCO2)c1. The van der Waals surface area contributed by atoms with Crippen LogP contribution in [0.2, 0.25) is 0 Å². The molecule has 0 aromatic heterocycles. The number of rotatable bonds is 5. The van der Waals surface area contributed by atoms with E-state index >= 15 is 0 Å². The predicted octanol–water partition coefficient (Wildman–Crippen LogP) is 1.13. The zero-order valence-corrected chi connectivity index (χ0v) is 13.0. The third kappa shape index (κ3) is 4.72. The summed E-state index contributed by atoms with van der Waals surface area (Å²) < 4.78 is 11.2. The molecule has 1 saturated heterocycles. The molecule has 1 aliphatic rings. The number of amides is 1. The van der Waals surface area contributed by atoms with E-state index in [1.165, 1.54) is 11.1 Å². The van der Waals surface area contributed by atoms with Gasteiger partial charge in [-0.1, -0.05) is 6.07 Å². The number of nitrogens with one attached hydrogen (secondary N) is 1. The van der Waals surface area contributed by atoms with Crippen molar-refractivity contribution in [1.29, 1.82) is 0 Å². The minimum Gasteiger partial charge on any atom is -0.492 e. The molecule has 0 bridgehead atoms. The lowest BCUT2D eigenvalue weighted by molar-refractivity contribution is -0.144. The summed E-state index contributed by atoms with van der Waals surface area (Å²) in [5, 5.41) is 3.16. The molecule has 1 fully saturated rings. The second-order valence-electron chi connectivity index (χ2n) is 5.50. The number of carbonyl (C=O) groups excluding carboxylic acids is 1. The van der Waals surface area contributed by atoms with E-state index in [1.807, 2.05) is 26.0 Å². The number of aryl methyl sites for hydroxylation is 2. The van der Waals surface area contributed by atoms with Crippen molar-refractivity contribution in [3.05, 3.63) is 29.3 Å². The zero-order valence-electron chi connectivity index (χ0n) is 13.0. The van der Waals surface area contributed by atoms with E-state index < -0.39 is 0 Å². The molecule has 1 aromatic rings. The molecule has 116 valence electrons. The number of morpholine rings is 1. The summed E-state index contributed by atoms with van der Waals surface area (Å²) in [6.45, 7) is 7.09. The van der Waals surface area contributed by atoms with Crippen LogP contribution in [0.1, 0.15) is 11.1 Å². The fourth-order valence-electron chi connectivity index (χ4n) is 2.40. The normalized spacial score (nSPS) is 18.3. The standard InChI is InChI=1S/C16H24N2O3/c1-12-8-13(2)10-14(9-12)20-7-5-18(3)16(19)15-11-17-4-6-21-15/h8-10,15,17H,4-7,11H2,1-3H3. The van der Waals surface area contributed by atoms with E-state index in [-0.39, 0.29) is 12.0 Å². The largest absolute Gasteiger partial charge is 0.492 e. The van der Waals surface area contributed by atoms with Gasteiger partial charge < -0.3 is 19.7 Å². The summed E-state index contributed by atoms with van der Waals surface area (Å²) >= 11 is 0. The average molecular weight is 292 g/mol. The van der Waals surface area contributed by atoms with Gasteiger partial charge in [0.15, 0.2) is 0 Å². The molecule has 1 unspecified atom stereocenters. The van der Waals surface area contributed by atoms with Crippen molar-refractivity contribution in [1.82, 2.24) is 10.2 Å². The first-order chi connectivity index (χ1) is 10.1. The summed E-state index contributed by atoms with van der Waals surface area (Å²) in [6, 6.07) is 6.11. The van der Waals surface area contributed by atoms with Crippen molar-refractivity contribution >= 4 is 5.91 Å². The van der Waals surface area contributed by atoms with Crippen molar-refractivity contribution in [2.24, 2.45) is 0 Å². The maximum atomic E-state index is 12.2. The first-order valence-electron chi connectivity index (χ1n) is 7.34. The average Bonchev–Trinajstić information content (AvgIpc) is 2.46. The van der Waals surface area contributed by atoms with Crippen molar-refractivity contribution in [3.8, 4) is 5.75 Å². The molecule has 1 atom stereocenters. The fraction of sp³-hybridized carbons (Fsp3) is 0.562. The highest BCUT2D eigenvalue weighted by molar-refractivity contribution is 5.81. The second-order valence-corrected chi connectivity index (χ2v) is 5.50. The molecule has 5 heteroatoms. The second kappa shape index (κ2) is 7.43. The molecular formula is C16H24N2O3. The molecule has 5 nitrogen and oxygen atoms in total. The Morgan fingerprint density at radius 3 is 2.71 bits per heavy atom. The lowest BCUT2D eigenvalue weighted by atomic mass is 10.1. The third-order valence-corrected chi connectivity index (χ3v) is 3.47. The first kappa shape index (κ1) is 15.8. The topological polar surface area (TPSA) is 50.8 Å². The molecule has 1 heterocycles. The first-order valence-corrected chi connectivity index (χ1v) is 7.34. The van der Waals surface area contributed by atoms with Gasteiger partial charge in [-0.15, -0.1) is 0 Å². The van der Waals surface area contributed by atoms with Crippen LogP contribution in [0.5, 0.6) is 5.75 Å². The molecule has 0 spiro atoms. The van der Waals surface area contributed by atoms with E-state index in [4.69, 9.17) is 9.47 Å². The lowest BCUT2D eigenvalue weighted by Gasteiger charge is -2.27. The zero-order chi connectivity index (χ0) is 15.2. The van der Waals surface area contributed by atoms with E-state index in [1.54, 1.807) is 11.9 Å². The van der Waals surface area contributed by atoms with Crippen molar-refractivity contribution in [2.75, 3.05) is 39.9 Å². The Bertz CT molecular complexity index is 464. The molecule has 1 amide bonds. The maximum absolute atomic E-state index is 12.2. The van der Waals surface area contributed by atoms with Crippen molar-refractivity contribution in [2.45, 2.75) is 20.0 Å². The van der Waals surface area contributed by atoms with Gasteiger partial charge in [0.2, 0.25) is 0 Å². The van der Waals surface area contributed by atoms with Crippen LogP contribution in [0.25, 0.3) is 0 Å². The number of carbonyl (C=O) groups is 1. The van der Waals surface area contributed by atoms with Gasteiger partial charge in [-0.3, -0.25) is 4.79 Å². The molecule has 0 saturated carbocycles. The third-order valence-electron chi connectivity index (χ3n) is 3.47. The number of nitrogens with zero attached hydrogens (tertiary/aromatic N) is 1. The van der Waals surface area contributed by atoms with Crippen LogP contribution >= 0.6 is 0 Å². The van der Waals surface area contributed by atoms with Gasteiger partial charge in [0, 0.05) is 20.1 Å². The Hall–Kier alpha value is -1.59. The van der Waals surface area contributed by atoms with Gasteiger partial charge in [-0.2, -0.15) is 0 Å². The highest BCUT2D eigenvalue weighted by atomic mass is 16.5. The van der Waals surface area contributed by atoms with Gasteiger partial charge in [0.25, 0.3) is 5.91 Å². The molecule has 0 radical (unpaired) electrons. The summed E-state index contributed by atoms with van der Waals surface area (Å²) in [4.78, 5) is 13.8. The molecule has 2 rings (SSSR count). The van der Waals surface area contributed by atoms with Gasteiger partial charge in [0.1, 0.15) is 18.5 Å². The Labute approximate surface area is 126 Å². The quantitative estimate of drug-likeness (QED) is 0.884. The highest BCUT2D eigenvalue weighted by Crippen LogP contribution is 2.16. The molecule has 1 aliphatic heterocycles. The number of likely N-dealkylation sites (N-methyl/N-ethyl adjacent to an activating group) is 1. The molecule has 1 aromatic carbocycles. The van der Waals surface area contributed by atoms with Crippen molar-refractivity contribution in [3.63, 3.8) is 0 Å². The Morgan fingerprint density at radius 2 is 2.10 bits per heavy atom. The monoisotopic (exact) mass is 292 g/mol. The number of hydrogen-bond acceptors (Lipinski definition) is 4. The van der Waals surface area contributed by atoms with E-state index in [9.17, 15) is 4.79 Å². The Kier molecular flexibility index (Phi) is 5.59. The van der Waals surface area contributed by atoms with Crippen LogP contribution in [-0.4, -0.2) is 56.8 Å². The van der Waals surface area contributed by atoms with Gasteiger partial charge >= 0.3 is 0 Å². The van der Waals surface area contributed by atoms with E-state index in [0.717, 1.165) is 12.3 Å². The minimum absolute atomic E-state index is 0.00576. The van der Waals surface area contributed by atoms with E-state index in [0.29, 0.717) is 26.3 Å². The maximum Gasteiger partial charge on any atom is 0.252 e. The predicted molar refractivity (Wildman–Crippen MR) is 81.7 cm³/mol. The van der Waals surface area contributed by atoms with Crippen molar-refractivity contribution < 1.29 is 14.3 Å². The molecule has 1 N–H and O–H groups in total. The summed E-state index contributed by atoms with van der Waals surface area (Å²) in [5.74, 6) is 0.857. The number of benzene rings is 1. The minimum atomic E-state index is -0.370. The summed E-state index contributed by atoms with van der Waals surface area (Å²) in [5.41, 5.74) is 2.35. The van der Waals surface area contributed by atoms with Crippen LogP contribution in [0.3, 0.4) is 0 Å². The Balaban J connectivity index is 1.78. The Morgan fingerprint density at radius 1 is 1.38 bits per heavy atom. The highest BCUT2D eigenvalue weighted by Gasteiger charge is 2.24. The van der Waals surface area contributed by atoms with Gasteiger partial charge in [-0.25, -0.2) is 0 Å². The molecule has 21 heavy (non-hydrogen) atoms. The van der Waals surface area contributed by atoms with E-state index in [2.05, 4.69) is 11.4 Å². The van der Waals surface area contributed by atoms with Crippen LogP contribution in [0.4, 0.5) is 0 Å². The smallest absolute Gasteiger partial charge is 0.252 e. The van der Waals surface area contributed by atoms with Crippen LogP contribution in [0.15, 0.2) is 18.2 Å². The lowest BCUT2D eigenvalue weighted by Crippen LogP contribution is -2.49. The summed E-state index contributed by atoms with van der Waals surface area (Å²) in [6.07, 6.45) is -0.370. The van der Waals surface area contributed by atoms with Gasteiger partial charge in [0.05, 0.1) is 13.2 Å². The van der Waals surface area contributed by atoms with Gasteiger partial charge in [-0.05, 0) is 37.1 Å². The number of ether oxygens (including phenoxy) is 2. The fourth-order valence-corrected chi connectivity index (χ4v) is 2.40. The van der Waals surface area contributed by atoms with Crippen LogP contribution in [0, 0.1) is 13.8 Å². The van der Waals surface area contributed by atoms with Crippen LogP contribution < -0.4 is 10.1 Å². The summed E-state index contributed by atoms with van der Waals surface area (Å²) in [7, 11) is 1.78. The molecular weight excluding hydrogens is 268 g/mol.